The molecule has 0 bridgehead atoms. The van der Waals surface area contributed by atoms with Gasteiger partial charge in [-0.15, -0.1) is 16.4 Å². The van der Waals surface area contributed by atoms with Crippen LogP contribution in [0.2, 0.25) is 0 Å². The van der Waals surface area contributed by atoms with Gasteiger partial charge in [0.05, 0.1) is 5.69 Å². The lowest BCUT2D eigenvalue weighted by atomic mass is 9.99. The molecule has 0 spiro atoms. The molecule has 0 aromatic carbocycles. The first-order valence-electron chi connectivity index (χ1n) is 7.24. The standard InChI is InChI=1S/C15H23N3S/c1-4-7-14-8-9-15(19-14)12(5-2)10-13-11-18(6-3)17-16-13/h8-9,11-12H,4-7,10H2,1-3H3. The molecule has 0 aliphatic heterocycles. The highest BCUT2D eigenvalue weighted by molar-refractivity contribution is 7.12. The van der Waals surface area contributed by atoms with Gasteiger partial charge in [-0.1, -0.05) is 25.5 Å². The van der Waals surface area contributed by atoms with E-state index >= 15 is 0 Å². The Labute approximate surface area is 119 Å². The Balaban J connectivity index is 2.06. The van der Waals surface area contributed by atoms with Crippen molar-refractivity contribution in [1.29, 1.82) is 0 Å². The molecule has 0 N–H and O–H groups in total. The van der Waals surface area contributed by atoms with Crippen molar-refractivity contribution in [2.24, 2.45) is 0 Å². The Bertz CT molecular complexity index is 501. The quantitative estimate of drug-likeness (QED) is 0.764. The monoisotopic (exact) mass is 277 g/mol. The maximum absolute atomic E-state index is 4.26. The van der Waals surface area contributed by atoms with E-state index in [9.17, 15) is 0 Å². The van der Waals surface area contributed by atoms with E-state index in [1.165, 1.54) is 22.6 Å². The molecule has 3 nitrogen and oxygen atoms in total. The molecule has 0 saturated carbocycles. The molecule has 0 fully saturated rings. The summed E-state index contributed by atoms with van der Waals surface area (Å²) in [4.78, 5) is 3.00. The topological polar surface area (TPSA) is 30.7 Å². The lowest BCUT2D eigenvalue weighted by Crippen LogP contribution is -2.00. The van der Waals surface area contributed by atoms with Crippen LogP contribution in [0.5, 0.6) is 0 Å². The van der Waals surface area contributed by atoms with Gasteiger partial charge < -0.3 is 0 Å². The van der Waals surface area contributed by atoms with Gasteiger partial charge in [-0.3, -0.25) is 4.68 Å². The zero-order valence-corrected chi connectivity index (χ0v) is 12.9. The zero-order chi connectivity index (χ0) is 13.7. The van der Waals surface area contributed by atoms with Crippen molar-refractivity contribution in [3.63, 3.8) is 0 Å². The molecule has 0 aliphatic carbocycles. The molecule has 4 heteroatoms. The first kappa shape index (κ1) is 14.3. The van der Waals surface area contributed by atoms with E-state index in [1.807, 2.05) is 16.0 Å². The molecule has 0 amide bonds. The van der Waals surface area contributed by atoms with E-state index in [0.29, 0.717) is 5.92 Å². The third-order valence-electron chi connectivity index (χ3n) is 3.44. The molecule has 2 heterocycles. The molecule has 0 saturated heterocycles. The minimum absolute atomic E-state index is 0.581. The number of thiophene rings is 1. The van der Waals surface area contributed by atoms with Crippen molar-refractivity contribution in [3.05, 3.63) is 33.8 Å². The first-order valence-corrected chi connectivity index (χ1v) is 8.06. The highest BCUT2D eigenvalue weighted by Crippen LogP contribution is 2.30. The maximum Gasteiger partial charge on any atom is 0.0833 e. The summed E-state index contributed by atoms with van der Waals surface area (Å²) in [5.41, 5.74) is 1.11. The summed E-state index contributed by atoms with van der Waals surface area (Å²) in [5, 5.41) is 8.38. The van der Waals surface area contributed by atoms with Gasteiger partial charge in [-0.25, -0.2) is 0 Å². The fraction of sp³-hybridized carbons (Fsp3) is 0.600. The highest BCUT2D eigenvalue weighted by atomic mass is 32.1. The summed E-state index contributed by atoms with van der Waals surface area (Å²) in [6, 6.07) is 4.59. The highest BCUT2D eigenvalue weighted by Gasteiger charge is 2.14. The second kappa shape index (κ2) is 6.85. The van der Waals surface area contributed by atoms with Crippen LogP contribution in [-0.4, -0.2) is 15.0 Å². The zero-order valence-electron chi connectivity index (χ0n) is 12.1. The van der Waals surface area contributed by atoms with Crippen LogP contribution in [0.4, 0.5) is 0 Å². The molecule has 2 rings (SSSR count). The molecule has 2 aromatic rings. The molecule has 1 unspecified atom stereocenters. The molecule has 1 atom stereocenters. The predicted molar refractivity (Wildman–Crippen MR) is 80.7 cm³/mol. The Morgan fingerprint density at radius 3 is 2.74 bits per heavy atom. The van der Waals surface area contributed by atoms with Gasteiger partial charge in [-0.05, 0) is 37.8 Å². The molecule has 104 valence electrons. The van der Waals surface area contributed by atoms with E-state index < -0.39 is 0 Å². The van der Waals surface area contributed by atoms with Crippen LogP contribution >= 0.6 is 11.3 Å². The second-order valence-electron chi connectivity index (χ2n) is 4.93. The summed E-state index contributed by atoms with van der Waals surface area (Å²) in [6.45, 7) is 7.48. The van der Waals surface area contributed by atoms with E-state index in [1.54, 1.807) is 0 Å². The number of rotatable bonds is 7. The number of hydrogen-bond donors (Lipinski definition) is 0. The minimum atomic E-state index is 0.581. The number of aromatic nitrogens is 3. The average molecular weight is 277 g/mol. The van der Waals surface area contributed by atoms with Crippen molar-refractivity contribution < 1.29 is 0 Å². The summed E-state index contributed by atoms with van der Waals surface area (Å²) in [5.74, 6) is 0.581. The third kappa shape index (κ3) is 3.66. The smallest absolute Gasteiger partial charge is 0.0833 e. The van der Waals surface area contributed by atoms with Crippen molar-refractivity contribution in [2.45, 2.75) is 58.9 Å². The SMILES string of the molecule is CCCc1ccc(C(CC)Cc2cn(CC)nn2)s1. The van der Waals surface area contributed by atoms with Crippen LogP contribution < -0.4 is 0 Å². The van der Waals surface area contributed by atoms with Crippen LogP contribution in [-0.2, 0) is 19.4 Å². The molecule has 0 aliphatic rings. The average Bonchev–Trinajstić information content (AvgIpc) is 3.05. The summed E-state index contributed by atoms with van der Waals surface area (Å²) in [7, 11) is 0. The van der Waals surface area contributed by atoms with Crippen LogP contribution in [0.1, 0.15) is 55.0 Å². The van der Waals surface area contributed by atoms with E-state index in [0.717, 1.165) is 25.1 Å². The summed E-state index contributed by atoms with van der Waals surface area (Å²) < 4.78 is 1.90. The number of aryl methyl sites for hydroxylation is 2. The van der Waals surface area contributed by atoms with Gasteiger partial charge >= 0.3 is 0 Å². The van der Waals surface area contributed by atoms with Crippen molar-refractivity contribution >= 4 is 11.3 Å². The lowest BCUT2D eigenvalue weighted by Gasteiger charge is -2.10. The molecule has 19 heavy (non-hydrogen) atoms. The Morgan fingerprint density at radius 2 is 2.11 bits per heavy atom. The van der Waals surface area contributed by atoms with Gasteiger partial charge in [-0.2, -0.15) is 0 Å². The van der Waals surface area contributed by atoms with Gasteiger partial charge in [0.15, 0.2) is 0 Å². The third-order valence-corrected chi connectivity index (χ3v) is 4.75. The normalized spacial score (nSPS) is 12.8. The molecule has 2 aromatic heterocycles. The van der Waals surface area contributed by atoms with Crippen molar-refractivity contribution in [1.82, 2.24) is 15.0 Å². The molecule has 0 radical (unpaired) electrons. The van der Waals surface area contributed by atoms with Crippen molar-refractivity contribution in [3.8, 4) is 0 Å². The lowest BCUT2D eigenvalue weighted by molar-refractivity contribution is 0.625. The van der Waals surface area contributed by atoms with Gasteiger partial charge in [0.2, 0.25) is 0 Å². The molecular weight excluding hydrogens is 254 g/mol. The summed E-state index contributed by atoms with van der Waals surface area (Å²) in [6.07, 6.45) is 6.66. The molecular formula is C15H23N3S. The summed E-state index contributed by atoms with van der Waals surface area (Å²) >= 11 is 1.97. The van der Waals surface area contributed by atoms with E-state index in [2.05, 4.69) is 49.4 Å². The fourth-order valence-corrected chi connectivity index (χ4v) is 3.58. The van der Waals surface area contributed by atoms with Crippen LogP contribution in [0.25, 0.3) is 0 Å². The Morgan fingerprint density at radius 1 is 1.26 bits per heavy atom. The Kier molecular flexibility index (Phi) is 5.14. The fourth-order valence-electron chi connectivity index (χ4n) is 2.28. The number of nitrogens with zero attached hydrogens (tertiary/aromatic N) is 3. The van der Waals surface area contributed by atoms with Crippen LogP contribution in [0.3, 0.4) is 0 Å². The number of hydrogen-bond acceptors (Lipinski definition) is 3. The minimum Gasteiger partial charge on any atom is -0.253 e. The predicted octanol–water partition coefficient (Wildman–Crippen LogP) is 4.05. The van der Waals surface area contributed by atoms with Gasteiger partial charge in [0.25, 0.3) is 0 Å². The first-order chi connectivity index (χ1) is 9.26. The van der Waals surface area contributed by atoms with Gasteiger partial charge in [0.1, 0.15) is 0 Å². The maximum atomic E-state index is 4.26. The van der Waals surface area contributed by atoms with Crippen LogP contribution in [0, 0.1) is 0 Å². The van der Waals surface area contributed by atoms with Crippen molar-refractivity contribution in [2.75, 3.05) is 0 Å². The van der Waals surface area contributed by atoms with E-state index in [-0.39, 0.29) is 0 Å². The van der Waals surface area contributed by atoms with E-state index in [4.69, 9.17) is 0 Å². The van der Waals surface area contributed by atoms with Crippen LogP contribution in [0.15, 0.2) is 18.3 Å². The largest absolute Gasteiger partial charge is 0.253 e. The van der Waals surface area contributed by atoms with Gasteiger partial charge in [0, 0.05) is 28.9 Å². The second-order valence-corrected chi connectivity index (χ2v) is 6.13. The Hall–Kier alpha value is -1.16.